The topological polar surface area (TPSA) is 105 Å². The molecule has 8 heteroatoms. The first-order valence-corrected chi connectivity index (χ1v) is 38.2. The Kier molecular flexibility index (Phi) is 18.7. The van der Waals surface area contributed by atoms with E-state index in [9.17, 15) is 0 Å². The lowest BCUT2D eigenvalue weighted by Gasteiger charge is -2.57. The molecule has 0 heterocycles. The zero-order chi connectivity index (χ0) is 66.6. The molecule has 0 aromatic heterocycles. The number of allylic oxidation sites excluding steroid dienone is 16. The first-order valence-electron chi connectivity index (χ1n) is 38.2. The van der Waals surface area contributed by atoms with Crippen molar-refractivity contribution in [1.29, 1.82) is 0 Å². The van der Waals surface area contributed by atoms with Crippen LogP contribution < -0.4 is 0 Å². The van der Waals surface area contributed by atoms with Gasteiger partial charge in [0.25, 0.3) is 0 Å². The first kappa shape index (κ1) is 68.7. The molecular formula is C85H124O8. The fourth-order valence-electron chi connectivity index (χ4n) is 24.1. The highest BCUT2D eigenvalue weighted by Crippen LogP contribution is 2.67. The minimum atomic E-state index is -1.42. The molecule has 0 aliphatic heterocycles. The van der Waals surface area contributed by atoms with Gasteiger partial charge in [-0.1, -0.05) is 180 Å². The van der Waals surface area contributed by atoms with Gasteiger partial charge in [0.15, 0.2) is 0 Å². The van der Waals surface area contributed by atoms with E-state index in [1.807, 2.05) is 0 Å². The Bertz CT molecular complexity index is 2780. The molecule has 4 fully saturated rings. The van der Waals surface area contributed by atoms with E-state index in [1.165, 1.54) is 44.6 Å². The molecule has 0 aromatic carbocycles. The molecule has 12 aliphatic rings. The molecule has 93 heavy (non-hydrogen) atoms. The molecule has 0 saturated heterocycles. The molecule has 0 aromatic rings. The van der Waals surface area contributed by atoms with Gasteiger partial charge in [-0.2, -0.15) is 0 Å². The van der Waals surface area contributed by atoms with Crippen LogP contribution in [-0.4, -0.2) is 50.3 Å². The van der Waals surface area contributed by atoms with Crippen molar-refractivity contribution >= 4 is 23.9 Å². The summed E-state index contributed by atoms with van der Waals surface area (Å²) in [6.45, 7) is 35.9. The van der Waals surface area contributed by atoms with Crippen LogP contribution in [0.2, 0.25) is 0 Å². The Balaban J connectivity index is 0.898. The van der Waals surface area contributed by atoms with Gasteiger partial charge in [-0.3, -0.25) is 19.2 Å². The maximum absolute atomic E-state index is 15.9. The van der Waals surface area contributed by atoms with Crippen LogP contribution in [0.5, 0.6) is 0 Å². The molecule has 0 radical (unpaired) electrons. The van der Waals surface area contributed by atoms with Crippen molar-refractivity contribution in [3.8, 4) is 0 Å². The maximum Gasteiger partial charge on any atom is 0.312 e. The van der Waals surface area contributed by atoms with E-state index in [4.69, 9.17) is 18.9 Å². The highest BCUT2D eigenvalue weighted by atomic mass is 16.6. The lowest BCUT2D eigenvalue weighted by atomic mass is 9.47. The van der Waals surface area contributed by atoms with Crippen molar-refractivity contribution in [2.24, 2.45) is 120 Å². The average molecular weight is 1270 g/mol. The molecule has 16 unspecified atom stereocenters. The zero-order valence-electron chi connectivity index (χ0n) is 61.1. The van der Waals surface area contributed by atoms with Crippen molar-refractivity contribution in [3.63, 3.8) is 0 Å². The predicted octanol–water partition coefficient (Wildman–Crippen LogP) is 20.7. The minimum absolute atomic E-state index is 0.0589. The van der Waals surface area contributed by atoms with Crippen molar-refractivity contribution in [3.05, 3.63) is 93.2 Å². The Morgan fingerprint density at radius 3 is 0.753 bits per heavy atom. The van der Waals surface area contributed by atoms with Gasteiger partial charge >= 0.3 is 23.9 Å². The summed E-state index contributed by atoms with van der Waals surface area (Å²) in [4.78, 5) is 63.5. The van der Waals surface area contributed by atoms with Crippen LogP contribution in [0.4, 0.5) is 0 Å². The summed E-state index contributed by atoms with van der Waals surface area (Å²) in [6.07, 6.45) is 42.3. The molecule has 12 aliphatic carbocycles. The van der Waals surface area contributed by atoms with Crippen molar-refractivity contribution in [1.82, 2.24) is 0 Å². The molecule has 16 atom stereocenters. The first-order chi connectivity index (χ1) is 43.9. The van der Waals surface area contributed by atoms with E-state index in [-0.39, 0.29) is 95.6 Å². The molecule has 8 nitrogen and oxygen atoms in total. The second-order valence-electron chi connectivity index (χ2n) is 36.7. The molecular weight excluding hydrogens is 1150 g/mol. The average Bonchev–Trinajstić information content (AvgIpc) is 0.747. The number of esters is 4. The third-order valence-corrected chi connectivity index (χ3v) is 30.2. The van der Waals surface area contributed by atoms with Gasteiger partial charge in [0, 0.05) is 0 Å². The van der Waals surface area contributed by atoms with Crippen molar-refractivity contribution in [2.75, 3.05) is 26.4 Å². The molecule has 4 saturated carbocycles. The fourth-order valence-corrected chi connectivity index (χ4v) is 24.1. The zero-order valence-corrected chi connectivity index (χ0v) is 61.1. The van der Waals surface area contributed by atoms with Crippen LogP contribution in [-0.2, 0) is 38.1 Å². The lowest BCUT2D eigenvalue weighted by molar-refractivity contribution is -0.196. The summed E-state index contributed by atoms with van der Waals surface area (Å²) in [5, 5.41) is 0. The summed E-state index contributed by atoms with van der Waals surface area (Å²) >= 11 is 0. The normalized spacial score (nSPS) is 40.9. The second kappa shape index (κ2) is 25.3. The largest absolute Gasteiger partial charge is 0.464 e. The number of hydrogen-bond acceptors (Lipinski definition) is 8. The van der Waals surface area contributed by atoms with Crippen LogP contribution in [0.15, 0.2) is 93.2 Å². The summed E-state index contributed by atoms with van der Waals surface area (Å²) in [5.74, 6) is 2.68. The summed E-state index contributed by atoms with van der Waals surface area (Å²) in [5.41, 5.74) is 6.82. The molecule has 0 amide bonds. The van der Waals surface area contributed by atoms with E-state index in [1.54, 1.807) is 0 Å². The quantitative estimate of drug-likeness (QED) is 0.111. The Labute approximate surface area is 563 Å². The maximum atomic E-state index is 15.9. The monoisotopic (exact) mass is 1270 g/mol. The van der Waals surface area contributed by atoms with Crippen molar-refractivity contribution in [2.45, 2.75) is 265 Å². The van der Waals surface area contributed by atoms with E-state index in [0.29, 0.717) is 73.0 Å². The SMILES string of the molecule is CC(C)C1=CC2=CCC3C(C)(C(=O)OCC(COC(=O)C4(C)CCCC5(C)C6CCC(C(C)C)=CC6=CCC45)(COC(=O)C4(C)CCCC5(C)C6CCC(C(C)C)=CC6=CCC45)COC(=O)C4(C)CCCC5(C)C6CCC(C(C)C)=CC6=CCC45)CCCC3(C)C2CC1. The molecule has 0 bridgehead atoms. The Morgan fingerprint density at radius 2 is 0.559 bits per heavy atom. The predicted molar refractivity (Wildman–Crippen MR) is 374 cm³/mol. The van der Waals surface area contributed by atoms with Crippen molar-refractivity contribution < 1.29 is 38.1 Å². The fraction of sp³-hybridized carbons (Fsp3) is 0.765. The van der Waals surface area contributed by atoms with Gasteiger partial charge in [0.05, 0.1) is 21.7 Å². The van der Waals surface area contributed by atoms with Gasteiger partial charge in [-0.15, -0.1) is 0 Å². The minimum Gasteiger partial charge on any atom is -0.464 e. The molecule has 0 spiro atoms. The molecule has 512 valence electrons. The lowest BCUT2D eigenvalue weighted by Crippen LogP contribution is -2.56. The third kappa shape index (κ3) is 11.6. The van der Waals surface area contributed by atoms with Gasteiger partial charge in [0.1, 0.15) is 31.8 Å². The second-order valence-corrected chi connectivity index (χ2v) is 36.7. The van der Waals surface area contributed by atoms with Gasteiger partial charge in [0.2, 0.25) is 0 Å². The highest BCUT2D eigenvalue weighted by molar-refractivity contribution is 5.80. The van der Waals surface area contributed by atoms with E-state index >= 15 is 19.2 Å². The smallest absolute Gasteiger partial charge is 0.312 e. The van der Waals surface area contributed by atoms with Crippen LogP contribution >= 0.6 is 0 Å². The summed E-state index contributed by atoms with van der Waals surface area (Å²) in [6, 6.07) is 0. The highest BCUT2D eigenvalue weighted by Gasteiger charge is 2.63. The number of carbonyl (C=O) groups is 4. The van der Waals surface area contributed by atoms with Gasteiger partial charge in [-0.25, -0.2) is 0 Å². The van der Waals surface area contributed by atoms with Gasteiger partial charge < -0.3 is 18.9 Å². The van der Waals surface area contributed by atoms with Gasteiger partial charge in [-0.05, 0) is 271 Å². The van der Waals surface area contributed by atoms with E-state index < -0.39 is 27.1 Å². The van der Waals surface area contributed by atoms with Crippen LogP contribution in [0.1, 0.15) is 265 Å². The van der Waals surface area contributed by atoms with Crippen LogP contribution in [0, 0.1) is 120 Å². The van der Waals surface area contributed by atoms with Crippen LogP contribution in [0.3, 0.4) is 0 Å². The number of ether oxygens (including phenoxy) is 4. The van der Waals surface area contributed by atoms with E-state index in [0.717, 1.165) is 128 Å². The molecule has 0 N–H and O–H groups in total. The number of carbonyl (C=O) groups excluding carboxylic acids is 4. The Morgan fingerprint density at radius 1 is 0.355 bits per heavy atom. The summed E-state index contributed by atoms with van der Waals surface area (Å²) < 4.78 is 28.0. The number of rotatable bonds is 16. The third-order valence-electron chi connectivity index (χ3n) is 30.2. The summed E-state index contributed by atoms with van der Waals surface area (Å²) in [7, 11) is 0. The number of fused-ring (bicyclic) bond motifs is 12. The van der Waals surface area contributed by atoms with Crippen LogP contribution in [0.25, 0.3) is 0 Å². The van der Waals surface area contributed by atoms with E-state index in [2.05, 4.69) is 159 Å². The number of hydrogen-bond donors (Lipinski definition) is 0. The Hall–Kier alpha value is -4.20. The standard InChI is InChI=1S/C85H124O8/c1-53(2)57-21-29-65-61(45-57)25-33-69-77(65,9)37-17-41-81(69,13)73(86)90-49-85(50-91-74(87)82(14)42-18-38-78(10)66-30-22-58(54(3)4)46-62(66)26-34-70(78)82,51-92-75(88)83(15)43-19-39-79(11)67-31-23-59(55(5)6)47-63(67)27-35-71(79)83)52-93-76(89)84(16)44-20-40-80(12)68-32-24-60(56(7)8)48-64(68)28-36-72(80)84/h25-28,45-48,53-56,65-72H,17-24,29-44,49-52H2,1-16H3. The molecule has 12 rings (SSSR count).